The van der Waals surface area contributed by atoms with Crippen LogP contribution in [0, 0.1) is 11.3 Å². The van der Waals surface area contributed by atoms with Crippen molar-refractivity contribution in [3.63, 3.8) is 0 Å². The maximum absolute atomic E-state index is 11.3. The second-order valence-corrected chi connectivity index (χ2v) is 3.18. The van der Waals surface area contributed by atoms with E-state index in [2.05, 4.69) is 0 Å². The number of rotatable bonds is 5. The van der Waals surface area contributed by atoms with E-state index in [1.165, 1.54) is 12.3 Å². The first-order valence-corrected chi connectivity index (χ1v) is 5.22. The second kappa shape index (κ2) is 7.07. The number of nitriles is 1. The molecule has 0 aliphatic heterocycles. The van der Waals surface area contributed by atoms with E-state index in [4.69, 9.17) is 14.7 Å². The summed E-state index contributed by atoms with van der Waals surface area (Å²) < 4.78 is 10.0. The van der Waals surface area contributed by atoms with Gasteiger partial charge in [-0.25, -0.2) is 0 Å². The highest BCUT2D eigenvalue weighted by molar-refractivity contribution is 5.72. The third kappa shape index (κ3) is 4.85. The van der Waals surface area contributed by atoms with Gasteiger partial charge in [0.25, 0.3) is 0 Å². The standard InChI is InChI=1S/C13H13NO3/c1-2-16-13(15)10-11-5-3-6-12(9-11)17-8-4-7-14/h3-6,8-9H,2,10H2,1H3. The van der Waals surface area contributed by atoms with Crippen molar-refractivity contribution in [1.82, 2.24) is 0 Å². The predicted molar refractivity (Wildman–Crippen MR) is 62.2 cm³/mol. The zero-order valence-electron chi connectivity index (χ0n) is 9.55. The van der Waals surface area contributed by atoms with Crippen LogP contribution >= 0.6 is 0 Å². The lowest BCUT2D eigenvalue weighted by Crippen LogP contribution is -2.07. The van der Waals surface area contributed by atoms with Crippen molar-refractivity contribution in [3.8, 4) is 11.8 Å². The molecular formula is C13H13NO3. The van der Waals surface area contributed by atoms with Crippen molar-refractivity contribution < 1.29 is 14.3 Å². The molecule has 4 nitrogen and oxygen atoms in total. The van der Waals surface area contributed by atoms with Gasteiger partial charge >= 0.3 is 5.97 Å². The molecule has 0 fully saturated rings. The van der Waals surface area contributed by atoms with E-state index in [1.807, 2.05) is 12.1 Å². The Bertz CT molecular complexity index is 446. The van der Waals surface area contributed by atoms with Gasteiger partial charge in [0.1, 0.15) is 12.0 Å². The Labute approximate surface area is 100 Å². The molecule has 1 aromatic carbocycles. The Morgan fingerprint density at radius 1 is 1.53 bits per heavy atom. The largest absolute Gasteiger partial charge is 0.466 e. The van der Waals surface area contributed by atoms with E-state index in [0.29, 0.717) is 12.4 Å². The van der Waals surface area contributed by atoms with E-state index in [0.717, 1.165) is 5.56 Å². The summed E-state index contributed by atoms with van der Waals surface area (Å²) >= 11 is 0. The van der Waals surface area contributed by atoms with Crippen molar-refractivity contribution in [2.45, 2.75) is 13.3 Å². The summed E-state index contributed by atoms with van der Waals surface area (Å²) in [6.45, 7) is 2.14. The molecule has 0 aliphatic carbocycles. The zero-order valence-corrected chi connectivity index (χ0v) is 9.55. The van der Waals surface area contributed by atoms with E-state index in [1.54, 1.807) is 25.1 Å². The molecule has 0 amide bonds. The highest BCUT2D eigenvalue weighted by atomic mass is 16.5. The minimum atomic E-state index is -0.266. The molecule has 1 aromatic rings. The normalized spacial score (nSPS) is 9.88. The highest BCUT2D eigenvalue weighted by Gasteiger charge is 2.04. The van der Waals surface area contributed by atoms with Gasteiger partial charge < -0.3 is 9.47 Å². The van der Waals surface area contributed by atoms with Crippen LogP contribution in [0.15, 0.2) is 36.6 Å². The molecule has 0 aromatic heterocycles. The number of carbonyl (C=O) groups excluding carboxylic acids is 1. The Balaban J connectivity index is 2.63. The molecule has 0 saturated carbocycles. The quantitative estimate of drug-likeness (QED) is 0.443. The average Bonchev–Trinajstić information content (AvgIpc) is 2.30. The van der Waals surface area contributed by atoms with Crippen LogP contribution in [0.4, 0.5) is 0 Å². The first kappa shape index (κ1) is 12.8. The smallest absolute Gasteiger partial charge is 0.310 e. The van der Waals surface area contributed by atoms with Gasteiger partial charge in [-0.05, 0) is 24.6 Å². The lowest BCUT2D eigenvalue weighted by atomic mass is 10.1. The molecule has 0 heterocycles. The molecule has 1 rings (SSSR count). The SMILES string of the molecule is CCOC(=O)Cc1cccc(OC=CC#N)c1. The second-order valence-electron chi connectivity index (χ2n) is 3.18. The third-order valence-electron chi connectivity index (χ3n) is 1.90. The summed E-state index contributed by atoms with van der Waals surface area (Å²) in [6, 6.07) is 8.90. The van der Waals surface area contributed by atoms with Crippen LogP contribution in [-0.4, -0.2) is 12.6 Å². The van der Waals surface area contributed by atoms with Gasteiger partial charge in [0.15, 0.2) is 0 Å². The van der Waals surface area contributed by atoms with Crippen LogP contribution in [0.1, 0.15) is 12.5 Å². The molecule has 0 aliphatic rings. The Morgan fingerprint density at radius 3 is 3.06 bits per heavy atom. The number of hydrogen-bond acceptors (Lipinski definition) is 4. The molecule has 4 heteroatoms. The monoisotopic (exact) mass is 231 g/mol. The van der Waals surface area contributed by atoms with Gasteiger partial charge in [-0.1, -0.05) is 12.1 Å². The summed E-state index contributed by atoms with van der Waals surface area (Å²) in [7, 11) is 0. The van der Waals surface area contributed by atoms with Crippen LogP contribution < -0.4 is 4.74 Å². The summed E-state index contributed by atoms with van der Waals surface area (Å²) in [5.74, 6) is 0.315. The maximum atomic E-state index is 11.3. The number of carbonyl (C=O) groups is 1. The van der Waals surface area contributed by atoms with Gasteiger partial charge in [-0.15, -0.1) is 0 Å². The Hall–Kier alpha value is -2.28. The number of hydrogen-bond donors (Lipinski definition) is 0. The van der Waals surface area contributed by atoms with Crippen molar-refractivity contribution in [3.05, 3.63) is 42.2 Å². The van der Waals surface area contributed by atoms with Gasteiger partial charge in [0, 0.05) is 0 Å². The van der Waals surface area contributed by atoms with E-state index >= 15 is 0 Å². The lowest BCUT2D eigenvalue weighted by Gasteiger charge is -2.04. The maximum Gasteiger partial charge on any atom is 0.310 e. The van der Waals surface area contributed by atoms with Gasteiger partial charge in [-0.3, -0.25) is 4.79 Å². The van der Waals surface area contributed by atoms with Crippen LogP contribution in [0.3, 0.4) is 0 Å². The van der Waals surface area contributed by atoms with E-state index < -0.39 is 0 Å². The summed E-state index contributed by atoms with van der Waals surface area (Å²) in [5, 5.41) is 8.30. The number of esters is 1. The predicted octanol–water partition coefficient (Wildman–Crippen LogP) is 2.21. The number of allylic oxidation sites excluding steroid dienone is 1. The minimum absolute atomic E-state index is 0.215. The number of nitrogens with zero attached hydrogens (tertiary/aromatic N) is 1. The highest BCUT2D eigenvalue weighted by Crippen LogP contribution is 2.14. The molecule has 0 atom stereocenters. The summed E-state index contributed by atoms with van der Waals surface area (Å²) in [5.41, 5.74) is 0.811. The molecule has 0 unspecified atom stereocenters. The molecule has 0 saturated heterocycles. The van der Waals surface area contributed by atoms with E-state index in [9.17, 15) is 4.79 Å². The fourth-order valence-electron chi connectivity index (χ4n) is 1.25. The van der Waals surface area contributed by atoms with Gasteiger partial charge in [0.2, 0.25) is 0 Å². The first-order valence-electron chi connectivity index (χ1n) is 5.22. The third-order valence-corrected chi connectivity index (χ3v) is 1.90. The lowest BCUT2D eigenvalue weighted by molar-refractivity contribution is -0.142. The van der Waals surface area contributed by atoms with Gasteiger partial charge in [-0.2, -0.15) is 5.26 Å². The fraction of sp³-hybridized carbons (Fsp3) is 0.231. The molecule has 0 radical (unpaired) electrons. The first-order chi connectivity index (χ1) is 8.26. The molecule has 88 valence electrons. The summed E-state index contributed by atoms with van der Waals surface area (Å²) in [4.78, 5) is 11.3. The van der Waals surface area contributed by atoms with Crippen molar-refractivity contribution in [2.75, 3.05) is 6.61 Å². The summed E-state index contributed by atoms with van der Waals surface area (Å²) in [6.07, 6.45) is 2.74. The van der Waals surface area contributed by atoms with Crippen LogP contribution in [-0.2, 0) is 16.0 Å². The Kier molecular flexibility index (Phi) is 5.32. The molecule has 0 bridgehead atoms. The van der Waals surface area contributed by atoms with Crippen molar-refractivity contribution >= 4 is 5.97 Å². The van der Waals surface area contributed by atoms with Crippen LogP contribution in [0.25, 0.3) is 0 Å². The topological polar surface area (TPSA) is 59.3 Å². The minimum Gasteiger partial charge on any atom is -0.466 e. The Morgan fingerprint density at radius 2 is 2.35 bits per heavy atom. The van der Waals surface area contributed by atoms with Crippen molar-refractivity contribution in [2.24, 2.45) is 0 Å². The van der Waals surface area contributed by atoms with E-state index in [-0.39, 0.29) is 12.4 Å². The average molecular weight is 231 g/mol. The molecule has 0 spiro atoms. The van der Waals surface area contributed by atoms with Crippen LogP contribution in [0.5, 0.6) is 5.75 Å². The molecular weight excluding hydrogens is 218 g/mol. The van der Waals surface area contributed by atoms with Crippen molar-refractivity contribution in [1.29, 1.82) is 5.26 Å². The fourth-order valence-corrected chi connectivity index (χ4v) is 1.25. The number of benzene rings is 1. The molecule has 0 N–H and O–H groups in total. The van der Waals surface area contributed by atoms with Crippen LogP contribution in [0.2, 0.25) is 0 Å². The van der Waals surface area contributed by atoms with Gasteiger partial charge in [0.05, 0.1) is 25.2 Å². The zero-order chi connectivity index (χ0) is 12.5. The molecule has 17 heavy (non-hydrogen) atoms. The number of ether oxygens (including phenoxy) is 2.